The van der Waals surface area contributed by atoms with E-state index in [9.17, 15) is 14.9 Å². The number of nitro benzene ring substituents is 1. The van der Waals surface area contributed by atoms with Gasteiger partial charge >= 0.3 is 0 Å². The monoisotopic (exact) mass is 234 g/mol. The Hall–Kier alpha value is -2.44. The highest BCUT2D eigenvalue weighted by Gasteiger charge is 2.14. The van der Waals surface area contributed by atoms with Crippen molar-refractivity contribution >= 4 is 23.1 Å². The third kappa shape index (κ3) is 2.57. The third-order valence-corrected chi connectivity index (χ3v) is 2.23. The van der Waals surface area contributed by atoms with Gasteiger partial charge in [0.1, 0.15) is 0 Å². The zero-order valence-corrected chi connectivity index (χ0v) is 8.84. The second kappa shape index (κ2) is 4.60. The number of nitrogens with zero attached hydrogens (tertiary/aromatic N) is 2. The van der Waals surface area contributed by atoms with Crippen molar-refractivity contribution in [2.75, 3.05) is 18.4 Å². The SMILES string of the molecule is O=C(Nc1ccc([N+](=O)[O-])cc1)C1=NCCN1. The van der Waals surface area contributed by atoms with Gasteiger partial charge in [0.2, 0.25) is 0 Å². The van der Waals surface area contributed by atoms with E-state index in [0.29, 0.717) is 24.6 Å². The van der Waals surface area contributed by atoms with Gasteiger partial charge in [0.25, 0.3) is 11.6 Å². The number of hydrogen-bond donors (Lipinski definition) is 2. The predicted molar refractivity (Wildman–Crippen MR) is 62.0 cm³/mol. The van der Waals surface area contributed by atoms with E-state index in [1.807, 2.05) is 0 Å². The van der Waals surface area contributed by atoms with Gasteiger partial charge in [-0.2, -0.15) is 0 Å². The zero-order valence-electron chi connectivity index (χ0n) is 8.84. The van der Waals surface area contributed by atoms with Crippen LogP contribution >= 0.6 is 0 Å². The molecule has 0 saturated carbocycles. The molecule has 17 heavy (non-hydrogen) atoms. The molecule has 1 aromatic rings. The molecule has 0 unspecified atom stereocenters. The number of hydrogen-bond acceptors (Lipinski definition) is 5. The van der Waals surface area contributed by atoms with Gasteiger partial charge in [0.15, 0.2) is 5.84 Å². The summed E-state index contributed by atoms with van der Waals surface area (Å²) in [5.41, 5.74) is 0.483. The van der Waals surface area contributed by atoms with Gasteiger partial charge in [-0.1, -0.05) is 0 Å². The first kappa shape index (κ1) is 11.1. The Balaban J connectivity index is 2.03. The second-order valence-electron chi connectivity index (χ2n) is 3.42. The van der Waals surface area contributed by atoms with Crippen molar-refractivity contribution in [3.05, 3.63) is 34.4 Å². The van der Waals surface area contributed by atoms with E-state index in [4.69, 9.17) is 0 Å². The van der Waals surface area contributed by atoms with E-state index in [-0.39, 0.29) is 11.6 Å². The Kier molecular flexibility index (Phi) is 2.99. The van der Waals surface area contributed by atoms with Crippen molar-refractivity contribution in [3.63, 3.8) is 0 Å². The Morgan fingerprint density at radius 3 is 2.65 bits per heavy atom. The van der Waals surface area contributed by atoms with Crippen LogP contribution in [-0.2, 0) is 4.79 Å². The first-order valence-corrected chi connectivity index (χ1v) is 5.01. The number of rotatable bonds is 3. The van der Waals surface area contributed by atoms with Crippen molar-refractivity contribution in [2.45, 2.75) is 0 Å². The molecule has 0 radical (unpaired) electrons. The molecular formula is C10H10N4O3. The van der Waals surface area contributed by atoms with E-state index in [1.165, 1.54) is 24.3 Å². The van der Waals surface area contributed by atoms with Crippen molar-refractivity contribution in [3.8, 4) is 0 Å². The molecule has 0 atom stereocenters. The smallest absolute Gasteiger partial charge is 0.290 e. The molecule has 2 rings (SSSR count). The molecule has 7 heteroatoms. The van der Waals surface area contributed by atoms with E-state index >= 15 is 0 Å². The largest absolute Gasteiger partial charge is 0.364 e. The fourth-order valence-corrected chi connectivity index (χ4v) is 1.41. The number of amidine groups is 1. The van der Waals surface area contributed by atoms with Crippen molar-refractivity contribution in [2.24, 2.45) is 4.99 Å². The highest BCUT2D eigenvalue weighted by atomic mass is 16.6. The Bertz CT molecular complexity index is 481. The fraction of sp³-hybridized carbons (Fsp3) is 0.200. The molecule has 1 heterocycles. The highest BCUT2D eigenvalue weighted by Crippen LogP contribution is 2.15. The molecule has 0 aliphatic carbocycles. The van der Waals surface area contributed by atoms with Crippen LogP contribution in [0.3, 0.4) is 0 Å². The van der Waals surface area contributed by atoms with Crippen molar-refractivity contribution in [1.29, 1.82) is 0 Å². The highest BCUT2D eigenvalue weighted by molar-refractivity contribution is 6.42. The summed E-state index contributed by atoms with van der Waals surface area (Å²) >= 11 is 0. The molecule has 0 bridgehead atoms. The molecule has 0 fully saturated rings. The lowest BCUT2D eigenvalue weighted by Crippen LogP contribution is -2.32. The van der Waals surface area contributed by atoms with Crippen LogP contribution in [0.15, 0.2) is 29.3 Å². The van der Waals surface area contributed by atoms with Gasteiger partial charge < -0.3 is 10.6 Å². The number of carbonyl (C=O) groups is 1. The Morgan fingerprint density at radius 1 is 1.41 bits per heavy atom. The summed E-state index contributed by atoms with van der Waals surface area (Å²) in [5, 5.41) is 15.9. The number of aliphatic imine (C=N–C) groups is 1. The summed E-state index contributed by atoms with van der Waals surface area (Å²) in [6, 6.07) is 5.62. The van der Waals surface area contributed by atoms with Gasteiger partial charge in [0, 0.05) is 24.4 Å². The van der Waals surface area contributed by atoms with Gasteiger partial charge in [-0.3, -0.25) is 19.9 Å². The quantitative estimate of drug-likeness (QED) is 0.589. The first-order valence-electron chi connectivity index (χ1n) is 5.01. The average Bonchev–Trinajstić information content (AvgIpc) is 2.83. The first-order chi connectivity index (χ1) is 8.16. The van der Waals surface area contributed by atoms with Crippen LogP contribution in [0.5, 0.6) is 0 Å². The van der Waals surface area contributed by atoms with Crippen LogP contribution in [0, 0.1) is 10.1 Å². The summed E-state index contributed by atoms with van der Waals surface area (Å²) in [6.07, 6.45) is 0. The van der Waals surface area contributed by atoms with Crippen molar-refractivity contribution in [1.82, 2.24) is 5.32 Å². The number of non-ortho nitro benzene ring substituents is 1. The van der Waals surface area contributed by atoms with Gasteiger partial charge in [-0.05, 0) is 12.1 Å². The molecule has 0 spiro atoms. The number of amides is 1. The Morgan fingerprint density at radius 2 is 2.12 bits per heavy atom. The lowest BCUT2D eigenvalue weighted by Gasteiger charge is -2.04. The van der Waals surface area contributed by atoms with Gasteiger partial charge in [-0.25, -0.2) is 0 Å². The molecule has 7 nitrogen and oxygen atoms in total. The summed E-state index contributed by atoms with van der Waals surface area (Å²) in [7, 11) is 0. The van der Waals surface area contributed by atoms with Crippen LogP contribution in [-0.4, -0.2) is 29.8 Å². The number of nitro groups is 1. The molecule has 1 amide bonds. The van der Waals surface area contributed by atoms with Crippen LogP contribution in [0.4, 0.5) is 11.4 Å². The average molecular weight is 234 g/mol. The Labute approximate surface area is 96.7 Å². The lowest BCUT2D eigenvalue weighted by atomic mass is 10.3. The fourth-order valence-electron chi connectivity index (χ4n) is 1.41. The summed E-state index contributed by atoms with van der Waals surface area (Å²) in [5.74, 6) is -0.0419. The van der Waals surface area contributed by atoms with Crippen LogP contribution in [0.2, 0.25) is 0 Å². The minimum atomic E-state index is -0.492. The molecule has 0 aromatic heterocycles. The molecule has 88 valence electrons. The van der Waals surface area contributed by atoms with E-state index in [1.54, 1.807) is 0 Å². The van der Waals surface area contributed by atoms with Gasteiger partial charge in [0.05, 0.1) is 11.5 Å². The minimum absolute atomic E-state index is 0.0145. The van der Waals surface area contributed by atoms with Crippen LogP contribution < -0.4 is 10.6 Å². The number of benzene rings is 1. The second-order valence-corrected chi connectivity index (χ2v) is 3.42. The maximum Gasteiger partial charge on any atom is 0.290 e. The molecule has 2 N–H and O–H groups in total. The topological polar surface area (TPSA) is 96.6 Å². The number of anilines is 1. The predicted octanol–water partition coefficient (Wildman–Crippen LogP) is 0.535. The molecule has 1 aromatic carbocycles. The van der Waals surface area contributed by atoms with E-state index < -0.39 is 4.92 Å². The van der Waals surface area contributed by atoms with E-state index in [0.717, 1.165) is 0 Å². The number of carbonyl (C=O) groups excluding carboxylic acids is 1. The minimum Gasteiger partial charge on any atom is -0.364 e. The van der Waals surface area contributed by atoms with Crippen molar-refractivity contribution < 1.29 is 9.72 Å². The standard InChI is InChI=1S/C10H10N4O3/c15-10(9-11-5-6-12-9)13-7-1-3-8(4-2-7)14(16)17/h1-4H,5-6H2,(H,11,12)(H,13,15). The maximum absolute atomic E-state index is 11.6. The lowest BCUT2D eigenvalue weighted by molar-refractivity contribution is -0.384. The van der Waals surface area contributed by atoms with Crippen LogP contribution in [0.25, 0.3) is 0 Å². The van der Waals surface area contributed by atoms with E-state index in [2.05, 4.69) is 15.6 Å². The number of nitrogens with one attached hydrogen (secondary N) is 2. The summed E-state index contributed by atoms with van der Waals surface area (Å²) in [6.45, 7) is 1.24. The molecule has 0 saturated heterocycles. The normalized spacial score (nSPS) is 13.8. The van der Waals surface area contributed by atoms with Crippen LogP contribution in [0.1, 0.15) is 0 Å². The summed E-state index contributed by atoms with van der Waals surface area (Å²) in [4.78, 5) is 25.5. The third-order valence-electron chi connectivity index (χ3n) is 2.23. The maximum atomic E-state index is 11.6. The summed E-state index contributed by atoms with van der Waals surface area (Å²) < 4.78 is 0. The van der Waals surface area contributed by atoms with Gasteiger partial charge in [-0.15, -0.1) is 0 Å². The zero-order chi connectivity index (χ0) is 12.3. The molecular weight excluding hydrogens is 224 g/mol. The molecule has 1 aliphatic rings. The molecule has 1 aliphatic heterocycles.